The molecule has 1 aliphatic rings. The van der Waals surface area contributed by atoms with Gasteiger partial charge < -0.3 is 4.90 Å². The Hall–Kier alpha value is -1.30. The second-order valence-electron chi connectivity index (χ2n) is 4.41. The summed E-state index contributed by atoms with van der Waals surface area (Å²) in [6.45, 7) is 0.946. The Balaban J connectivity index is 2.03. The van der Waals surface area contributed by atoms with E-state index in [1.807, 2.05) is 18.2 Å². The van der Waals surface area contributed by atoms with Gasteiger partial charge in [0.2, 0.25) is 0 Å². The molecule has 0 atom stereocenters. The number of fused-ring (bicyclic) bond motifs is 1. The molecule has 2 aromatic rings. The van der Waals surface area contributed by atoms with Crippen molar-refractivity contribution in [2.24, 2.45) is 0 Å². The summed E-state index contributed by atoms with van der Waals surface area (Å²) < 4.78 is 3.45. The quantitative estimate of drug-likeness (QED) is 0.731. The predicted octanol–water partition coefficient (Wildman–Crippen LogP) is 3.67. The van der Waals surface area contributed by atoms with Gasteiger partial charge in [0.05, 0.1) is 5.69 Å². The van der Waals surface area contributed by atoms with E-state index in [0.717, 1.165) is 24.5 Å². The van der Waals surface area contributed by atoms with Crippen LogP contribution in [0.1, 0.15) is 6.42 Å². The van der Waals surface area contributed by atoms with Gasteiger partial charge in [-0.1, -0.05) is 30.3 Å². The van der Waals surface area contributed by atoms with Gasteiger partial charge in [0.25, 0.3) is 0 Å². The van der Waals surface area contributed by atoms with Gasteiger partial charge >= 0.3 is 0 Å². The minimum atomic E-state index is 0.946. The Kier molecular flexibility index (Phi) is 3.11. The minimum absolute atomic E-state index is 0.946. The highest BCUT2D eigenvalue weighted by atomic mass is 127. The zero-order chi connectivity index (χ0) is 12.5. The van der Waals surface area contributed by atoms with Crippen molar-refractivity contribution in [3.8, 4) is 11.3 Å². The van der Waals surface area contributed by atoms with Gasteiger partial charge in [0.15, 0.2) is 0 Å². The molecule has 3 nitrogen and oxygen atoms in total. The molecule has 0 saturated carbocycles. The maximum atomic E-state index is 4.70. The summed E-state index contributed by atoms with van der Waals surface area (Å²) in [5.41, 5.74) is 2.22. The second-order valence-corrected chi connectivity index (χ2v) is 5.80. The number of benzene rings is 1. The highest BCUT2D eigenvalue weighted by Gasteiger charge is 2.15. The number of halogens is 1. The number of hydrogen-bond donors (Lipinski definition) is 0. The van der Waals surface area contributed by atoms with Crippen LogP contribution < -0.4 is 4.90 Å². The second kappa shape index (κ2) is 4.76. The summed E-state index contributed by atoms with van der Waals surface area (Å²) in [7, 11) is 2.08. The molecular formula is C14H14IN3. The number of aryl methyl sites for hydroxylation is 1. The van der Waals surface area contributed by atoms with E-state index in [1.165, 1.54) is 9.14 Å². The molecule has 3 rings (SSSR count). The zero-order valence-corrected chi connectivity index (χ0v) is 12.3. The van der Waals surface area contributed by atoms with Gasteiger partial charge in [-0.25, -0.2) is 4.68 Å². The van der Waals surface area contributed by atoms with E-state index < -0.39 is 0 Å². The fraction of sp³-hybridized carbons (Fsp3) is 0.214. The van der Waals surface area contributed by atoms with Crippen LogP contribution in [-0.4, -0.2) is 16.8 Å². The summed E-state index contributed by atoms with van der Waals surface area (Å²) in [5, 5.41) is 4.70. The first-order valence-electron chi connectivity index (χ1n) is 5.96. The lowest BCUT2D eigenvalue weighted by Gasteiger charge is -2.12. The summed E-state index contributed by atoms with van der Waals surface area (Å²) in [5.74, 6) is 1.15. The predicted molar refractivity (Wildman–Crippen MR) is 82.8 cm³/mol. The van der Waals surface area contributed by atoms with Crippen molar-refractivity contribution in [3.05, 3.63) is 46.2 Å². The SMILES string of the molecule is CN1C=C(I)CCn2nc(-c3ccccc3)cc21. The molecule has 4 heteroatoms. The normalized spacial score (nSPS) is 15.0. The molecule has 18 heavy (non-hydrogen) atoms. The summed E-state index contributed by atoms with van der Waals surface area (Å²) >= 11 is 2.39. The number of rotatable bonds is 1. The van der Waals surface area contributed by atoms with Crippen molar-refractivity contribution in [1.82, 2.24) is 9.78 Å². The molecular weight excluding hydrogens is 337 g/mol. The molecule has 92 valence electrons. The highest BCUT2D eigenvalue weighted by molar-refractivity contribution is 14.1. The first kappa shape index (κ1) is 11.8. The molecule has 1 aromatic heterocycles. The lowest BCUT2D eigenvalue weighted by atomic mass is 10.1. The van der Waals surface area contributed by atoms with E-state index in [2.05, 4.69) is 63.6 Å². The summed E-state index contributed by atoms with van der Waals surface area (Å²) in [6, 6.07) is 12.5. The smallest absolute Gasteiger partial charge is 0.131 e. The monoisotopic (exact) mass is 351 g/mol. The zero-order valence-electron chi connectivity index (χ0n) is 10.2. The molecule has 0 amide bonds. The summed E-state index contributed by atoms with van der Waals surface area (Å²) in [6.07, 6.45) is 3.23. The maximum absolute atomic E-state index is 4.70. The Labute approximate surface area is 120 Å². The largest absolute Gasteiger partial charge is 0.336 e. The van der Waals surface area contributed by atoms with Crippen LogP contribution in [0.15, 0.2) is 46.2 Å². The average Bonchev–Trinajstić information content (AvgIpc) is 2.76. The lowest BCUT2D eigenvalue weighted by molar-refractivity contribution is 0.632. The minimum Gasteiger partial charge on any atom is -0.336 e. The fourth-order valence-electron chi connectivity index (χ4n) is 2.16. The first-order chi connectivity index (χ1) is 8.74. The van der Waals surface area contributed by atoms with Crippen LogP contribution in [0.25, 0.3) is 11.3 Å². The van der Waals surface area contributed by atoms with Crippen molar-refractivity contribution in [1.29, 1.82) is 0 Å². The lowest BCUT2D eigenvalue weighted by Crippen LogP contribution is -2.11. The molecule has 0 bridgehead atoms. The Morgan fingerprint density at radius 1 is 1.22 bits per heavy atom. The van der Waals surface area contributed by atoms with Crippen molar-refractivity contribution in [2.75, 3.05) is 11.9 Å². The van der Waals surface area contributed by atoms with Crippen LogP contribution in [0, 0.1) is 0 Å². The molecule has 0 fully saturated rings. The fourth-order valence-corrected chi connectivity index (χ4v) is 2.82. The van der Waals surface area contributed by atoms with Gasteiger partial charge in [0.1, 0.15) is 5.82 Å². The van der Waals surface area contributed by atoms with Crippen LogP contribution in [0.2, 0.25) is 0 Å². The van der Waals surface area contributed by atoms with Crippen LogP contribution >= 0.6 is 22.6 Å². The number of nitrogens with zero attached hydrogens (tertiary/aromatic N) is 3. The molecule has 0 unspecified atom stereocenters. The Bertz CT molecular complexity index is 586. The van der Waals surface area contributed by atoms with E-state index in [1.54, 1.807) is 0 Å². The molecule has 2 heterocycles. The number of aromatic nitrogens is 2. The van der Waals surface area contributed by atoms with E-state index in [0.29, 0.717) is 0 Å². The third kappa shape index (κ3) is 2.16. The standard InChI is InChI=1S/C14H14IN3/c1-17-10-12(15)7-8-18-14(17)9-13(16-18)11-5-3-2-4-6-11/h2-6,9-10H,7-8H2,1H3. The average molecular weight is 351 g/mol. The summed E-state index contributed by atoms with van der Waals surface area (Å²) in [4.78, 5) is 2.15. The van der Waals surface area contributed by atoms with E-state index >= 15 is 0 Å². The third-order valence-electron chi connectivity index (χ3n) is 3.09. The number of allylic oxidation sites excluding steroid dienone is 1. The third-order valence-corrected chi connectivity index (χ3v) is 3.90. The van der Waals surface area contributed by atoms with Gasteiger partial charge in [-0.3, -0.25) is 0 Å². The van der Waals surface area contributed by atoms with E-state index in [-0.39, 0.29) is 0 Å². The van der Waals surface area contributed by atoms with Crippen LogP contribution in [-0.2, 0) is 6.54 Å². The molecule has 0 saturated heterocycles. The van der Waals surface area contributed by atoms with Crippen molar-refractivity contribution >= 4 is 28.4 Å². The number of hydrogen-bond acceptors (Lipinski definition) is 2. The molecule has 1 aromatic carbocycles. The topological polar surface area (TPSA) is 21.1 Å². The van der Waals surface area contributed by atoms with Gasteiger partial charge in [-0.15, -0.1) is 0 Å². The highest BCUT2D eigenvalue weighted by Crippen LogP contribution is 2.28. The van der Waals surface area contributed by atoms with E-state index in [9.17, 15) is 0 Å². The van der Waals surface area contributed by atoms with Crippen LogP contribution in [0.4, 0.5) is 5.82 Å². The molecule has 0 N–H and O–H groups in total. The van der Waals surface area contributed by atoms with Crippen molar-refractivity contribution < 1.29 is 0 Å². The molecule has 0 radical (unpaired) electrons. The number of anilines is 1. The van der Waals surface area contributed by atoms with Crippen molar-refractivity contribution in [2.45, 2.75) is 13.0 Å². The van der Waals surface area contributed by atoms with Crippen molar-refractivity contribution in [3.63, 3.8) is 0 Å². The molecule has 1 aliphatic heterocycles. The molecule has 0 spiro atoms. The van der Waals surface area contributed by atoms with Crippen LogP contribution in [0.5, 0.6) is 0 Å². The van der Waals surface area contributed by atoms with E-state index in [4.69, 9.17) is 5.10 Å². The Morgan fingerprint density at radius 3 is 2.78 bits per heavy atom. The van der Waals surface area contributed by atoms with Gasteiger partial charge in [0, 0.05) is 35.0 Å². The van der Waals surface area contributed by atoms with Crippen LogP contribution in [0.3, 0.4) is 0 Å². The Morgan fingerprint density at radius 2 is 2.00 bits per heavy atom. The van der Waals surface area contributed by atoms with Gasteiger partial charge in [-0.05, 0) is 29.0 Å². The maximum Gasteiger partial charge on any atom is 0.131 e. The molecule has 0 aliphatic carbocycles. The first-order valence-corrected chi connectivity index (χ1v) is 7.04. The van der Waals surface area contributed by atoms with Gasteiger partial charge in [-0.2, -0.15) is 5.10 Å².